The SMILES string of the molecule is CCN1C(=C2SC(=S)N(c3ccc(NNC=O)cc3)C2=O)Sc2ccccc21. The van der Waals surface area contributed by atoms with Gasteiger partial charge in [-0.05, 0) is 43.3 Å². The lowest BCUT2D eigenvalue weighted by molar-refractivity contribution is -0.113. The molecule has 2 N–H and O–H groups in total. The molecule has 0 radical (unpaired) electrons. The summed E-state index contributed by atoms with van der Waals surface area (Å²) >= 11 is 8.45. The summed E-state index contributed by atoms with van der Waals surface area (Å²) in [5.41, 5.74) is 7.63. The topological polar surface area (TPSA) is 64.7 Å². The molecule has 1 saturated heterocycles. The van der Waals surface area contributed by atoms with E-state index >= 15 is 0 Å². The van der Waals surface area contributed by atoms with Gasteiger partial charge in [-0.3, -0.25) is 25.3 Å². The summed E-state index contributed by atoms with van der Waals surface area (Å²) in [6, 6.07) is 15.3. The van der Waals surface area contributed by atoms with Gasteiger partial charge in [-0.15, -0.1) is 0 Å². The van der Waals surface area contributed by atoms with Crippen LogP contribution in [-0.2, 0) is 9.59 Å². The molecule has 142 valence electrons. The summed E-state index contributed by atoms with van der Waals surface area (Å²) < 4.78 is 0.506. The van der Waals surface area contributed by atoms with Gasteiger partial charge in [-0.2, -0.15) is 0 Å². The molecule has 2 aliphatic heterocycles. The first-order valence-corrected chi connectivity index (χ1v) is 10.6. The number of anilines is 3. The van der Waals surface area contributed by atoms with Gasteiger partial charge in [0.25, 0.3) is 5.91 Å². The first kappa shape index (κ1) is 18.9. The normalized spacial score (nSPS) is 18.5. The lowest BCUT2D eigenvalue weighted by Gasteiger charge is -2.19. The second-order valence-corrected chi connectivity index (χ2v) is 8.57. The monoisotopic (exact) mass is 428 g/mol. The molecule has 0 bridgehead atoms. The molecule has 4 rings (SSSR count). The van der Waals surface area contributed by atoms with Gasteiger partial charge in [0.05, 0.1) is 17.1 Å². The number of amides is 2. The fraction of sp³-hybridized carbons (Fsp3) is 0.105. The van der Waals surface area contributed by atoms with Gasteiger partial charge in [0.2, 0.25) is 6.41 Å². The maximum Gasteiger partial charge on any atom is 0.273 e. The van der Waals surface area contributed by atoms with E-state index in [-0.39, 0.29) is 5.91 Å². The summed E-state index contributed by atoms with van der Waals surface area (Å²) in [6.07, 6.45) is 0.554. The zero-order chi connectivity index (χ0) is 19.7. The van der Waals surface area contributed by atoms with E-state index in [2.05, 4.69) is 34.8 Å². The zero-order valence-electron chi connectivity index (χ0n) is 14.8. The Morgan fingerprint density at radius 1 is 1.11 bits per heavy atom. The largest absolute Gasteiger partial charge is 0.334 e. The van der Waals surface area contributed by atoms with Crippen LogP contribution in [0.1, 0.15) is 6.92 Å². The predicted molar refractivity (Wildman–Crippen MR) is 119 cm³/mol. The van der Waals surface area contributed by atoms with Crippen LogP contribution in [0, 0.1) is 0 Å². The van der Waals surface area contributed by atoms with Crippen LogP contribution in [0.4, 0.5) is 17.1 Å². The third kappa shape index (κ3) is 3.25. The van der Waals surface area contributed by atoms with Gasteiger partial charge < -0.3 is 4.90 Å². The smallest absolute Gasteiger partial charge is 0.273 e. The maximum absolute atomic E-state index is 13.2. The Morgan fingerprint density at radius 3 is 2.57 bits per heavy atom. The van der Waals surface area contributed by atoms with E-state index in [0.29, 0.717) is 27.0 Å². The van der Waals surface area contributed by atoms with E-state index < -0.39 is 0 Å². The van der Waals surface area contributed by atoms with Crippen molar-refractivity contribution in [3.05, 3.63) is 58.5 Å². The lowest BCUT2D eigenvalue weighted by atomic mass is 10.2. The lowest BCUT2D eigenvalue weighted by Crippen LogP contribution is -2.28. The molecule has 2 amide bonds. The Morgan fingerprint density at radius 2 is 1.86 bits per heavy atom. The highest BCUT2D eigenvalue weighted by molar-refractivity contribution is 8.27. The Labute approximate surface area is 176 Å². The van der Waals surface area contributed by atoms with Crippen LogP contribution in [0.3, 0.4) is 0 Å². The van der Waals surface area contributed by atoms with E-state index in [0.717, 1.165) is 22.2 Å². The van der Waals surface area contributed by atoms with Gasteiger partial charge in [0.15, 0.2) is 4.32 Å². The molecule has 28 heavy (non-hydrogen) atoms. The van der Waals surface area contributed by atoms with Crippen LogP contribution in [0.15, 0.2) is 63.4 Å². The van der Waals surface area contributed by atoms with Crippen LogP contribution in [0.5, 0.6) is 0 Å². The quantitative estimate of drug-likeness (QED) is 0.324. The molecule has 0 spiro atoms. The molecule has 0 aliphatic carbocycles. The minimum atomic E-state index is -0.115. The molecule has 2 heterocycles. The molecule has 2 aliphatic rings. The van der Waals surface area contributed by atoms with Crippen molar-refractivity contribution in [1.29, 1.82) is 0 Å². The van der Waals surface area contributed by atoms with Crippen molar-refractivity contribution in [2.24, 2.45) is 0 Å². The van der Waals surface area contributed by atoms with Crippen molar-refractivity contribution in [2.45, 2.75) is 11.8 Å². The van der Waals surface area contributed by atoms with Crippen molar-refractivity contribution in [3.63, 3.8) is 0 Å². The van der Waals surface area contributed by atoms with Gasteiger partial charge in [0.1, 0.15) is 9.93 Å². The second kappa shape index (κ2) is 7.86. The number of para-hydroxylation sites is 1. The molecule has 2 aromatic carbocycles. The first-order chi connectivity index (χ1) is 13.6. The number of hydrogen-bond acceptors (Lipinski definition) is 7. The molecule has 0 aromatic heterocycles. The third-order valence-electron chi connectivity index (χ3n) is 4.29. The van der Waals surface area contributed by atoms with Gasteiger partial charge in [-0.1, -0.05) is 47.9 Å². The number of nitrogens with one attached hydrogen (secondary N) is 2. The average molecular weight is 429 g/mol. The highest BCUT2D eigenvalue weighted by atomic mass is 32.2. The van der Waals surface area contributed by atoms with E-state index in [1.807, 2.05) is 12.1 Å². The van der Waals surface area contributed by atoms with E-state index in [1.165, 1.54) is 11.8 Å². The fourth-order valence-electron chi connectivity index (χ4n) is 3.04. The molecule has 0 saturated carbocycles. The number of carbonyl (C=O) groups is 2. The molecule has 0 atom stereocenters. The van der Waals surface area contributed by atoms with Gasteiger partial charge >= 0.3 is 0 Å². The van der Waals surface area contributed by atoms with E-state index in [4.69, 9.17) is 12.2 Å². The highest BCUT2D eigenvalue weighted by Crippen LogP contribution is 2.50. The fourth-order valence-corrected chi connectivity index (χ4v) is 5.72. The minimum absolute atomic E-state index is 0.115. The Kier molecular flexibility index (Phi) is 5.29. The summed E-state index contributed by atoms with van der Waals surface area (Å²) in [5.74, 6) is -0.115. The van der Waals surface area contributed by atoms with Crippen LogP contribution in [0.2, 0.25) is 0 Å². The Bertz CT molecular complexity index is 991. The Balaban J connectivity index is 1.64. The molecular weight excluding hydrogens is 412 g/mol. The maximum atomic E-state index is 13.2. The van der Waals surface area contributed by atoms with Crippen molar-refractivity contribution < 1.29 is 9.59 Å². The van der Waals surface area contributed by atoms with E-state index in [9.17, 15) is 9.59 Å². The third-order valence-corrected chi connectivity index (χ3v) is 6.96. The molecular formula is C19H16N4O2S3. The number of thioether (sulfide) groups is 2. The van der Waals surface area contributed by atoms with Crippen LogP contribution < -0.4 is 20.7 Å². The number of carbonyl (C=O) groups excluding carboxylic acids is 2. The standard InChI is InChI=1S/C19H16N4O2S3/c1-2-22-14-5-3-4-6-15(14)27-18(22)16-17(25)23(19(26)28-16)13-9-7-12(8-10-13)21-20-11-24/h3-11,21H,2H2,1H3,(H,20,24). The average Bonchev–Trinajstić information content (AvgIpc) is 3.23. The number of benzene rings is 2. The van der Waals surface area contributed by atoms with Crippen molar-refractivity contribution in [3.8, 4) is 0 Å². The van der Waals surface area contributed by atoms with Gasteiger partial charge in [-0.25, -0.2) is 0 Å². The summed E-state index contributed by atoms with van der Waals surface area (Å²) in [4.78, 5) is 29.1. The Hall–Kier alpha value is -2.49. The number of hydrogen-bond donors (Lipinski definition) is 2. The summed E-state index contributed by atoms with van der Waals surface area (Å²) in [7, 11) is 0. The molecule has 0 unspecified atom stereocenters. The number of rotatable bonds is 5. The second-order valence-electron chi connectivity index (χ2n) is 5.89. The first-order valence-electron chi connectivity index (χ1n) is 8.54. The minimum Gasteiger partial charge on any atom is -0.334 e. The van der Waals surface area contributed by atoms with Gasteiger partial charge in [0, 0.05) is 11.4 Å². The van der Waals surface area contributed by atoms with Crippen molar-refractivity contribution in [2.75, 3.05) is 21.8 Å². The van der Waals surface area contributed by atoms with Crippen molar-refractivity contribution in [1.82, 2.24) is 5.43 Å². The van der Waals surface area contributed by atoms with E-state index in [1.54, 1.807) is 40.9 Å². The number of nitrogens with zero attached hydrogens (tertiary/aromatic N) is 2. The molecule has 9 heteroatoms. The van der Waals surface area contributed by atoms with Crippen LogP contribution >= 0.6 is 35.7 Å². The predicted octanol–water partition coefficient (Wildman–Crippen LogP) is 3.93. The number of thiocarbonyl (C=S) groups is 1. The highest BCUT2D eigenvalue weighted by Gasteiger charge is 2.39. The van der Waals surface area contributed by atoms with Crippen LogP contribution in [-0.4, -0.2) is 23.2 Å². The van der Waals surface area contributed by atoms with Crippen LogP contribution in [0.25, 0.3) is 0 Å². The number of hydrazine groups is 1. The summed E-state index contributed by atoms with van der Waals surface area (Å²) in [6.45, 7) is 2.84. The zero-order valence-corrected chi connectivity index (χ0v) is 17.3. The molecule has 1 fully saturated rings. The number of fused-ring (bicyclic) bond motifs is 1. The summed E-state index contributed by atoms with van der Waals surface area (Å²) in [5, 5.41) is 0.928. The molecule has 2 aromatic rings. The van der Waals surface area contributed by atoms with Crippen molar-refractivity contribution >= 4 is 69.4 Å². The molecule has 6 nitrogen and oxygen atoms in total.